The van der Waals surface area contributed by atoms with Gasteiger partial charge in [0.1, 0.15) is 0 Å². The first-order valence-electron chi connectivity index (χ1n) is 6.59. The second-order valence-electron chi connectivity index (χ2n) is 6.21. The van der Waals surface area contributed by atoms with Crippen LogP contribution in [0.2, 0.25) is 0 Å². The molecular weight excluding hydrogens is 208 g/mol. The fourth-order valence-corrected chi connectivity index (χ4v) is 2.47. The lowest BCUT2D eigenvalue weighted by atomic mass is 9.77. The van der Waals surface area contributed by atoms with Crippen molar-refractivity contribution >= 4 is 0 Å². The van der Waals surface area contributed by atoms with Crippen molar-refractivity contribution in [1.82, 2.24) is 5.43 Å². The molecule has 0 bridgehead atoms. The molecule has 2 rings (SSSR count). The third-order valence-corrected chi connectivity index (χ3v) is 3.94. The summed E-state index contributed by atoms with van der Waals surface area (Å²) >= 11 is 0. The van der Waals surface area contributed by atoms with Crippen LogP contribution in [0.15, 0.2) is 24.3 Å². The zero-order chi connectivity index (χ0) is 12.5. The highest BCUT2D eigenvalue weighted by molar-refractivity contribution is 5.29. The molecule has 1 aromatic carbocycles. The van der Waals surface area contributed by atoms with Crippen molar-refractivity contribution in [3.8, 4) is 0 Å². The third-order valence-electron chi connectivity index (χ3n) is 3.94. The van der Waals surface area contributed by atoms with Crippen molar-refractivity contribution < 1.29 is 0 Å². The second-order valence-corrected chi connectivity index (χ2v) is 6.21. The van der Waals surface area contributed by atoms with Crippen LogP contribution in [0.4, 0.5) is 0 Å². The van der Waals surface area contributed by atoms with E-state index >= 15 is 0 Å². The monoisotopic (exact) mass is 232 g/mol. The van der Waals surface area contributed by atoms with E-state index in [0.29, 0.717) is 6.04 Å². The van der Waals surface area contributed by atoms with Gasteiger partial charge in [-0.05, 0) is 35.3 Å². The van der Waals surface area contributed by atoms with E-state index in [1.54, 1.807) is 0 Å². The molecule has 94 valence electrons. The van der Waals surface area contributed by atoms with E-state index in [4.69, 9.17) is 5.84 Å². The molecule has 1 atom stereocenters. The van der Waals surface area contributed by atoms with Gasteiger partial charge in [0.2, 0.25) is 0 Å². The number of benzene rings is 1. The molecule has 2 nitrogen and oxygen atoms in total. The summed E-state index contributed by atoms with van der Waals surface area (Å²) in [4.78, 5) is 0. The molecule has 1 unspecified atom stereocenters. The van der Waals surface area contributed by atoms with Crippen molar-refractivity contribution in [1.29, 1.82) is 0 Å². The Morgan fingerprint density at radius 3 is 2.12 bits per heavy atom. The average Bonchev–Trinajstić information content (AvgIpc) is 2.22. The maximum Gasteiger partial charge on any atom is 0.0488 e. The van der Waals surface area contributed by atoms with Crippen LogP contribution in [0.1, 0.15) is 57.2 Å². The number of rotatable bonds is 3. The van der Waals surface area contributed by atoms with E-state index in [-0.39, 0.29) is 5.41 Å². The van der Waals surface area contributed by atoms with Crippen molar-refractivity contribution in [2.75, 3.05) is 0 Å². The van der Waals surface area contributed by atoms with E-state index in [1.165, 1.54) is 30.4 Å². The molecule has 1 aliphatic rings. The molecule has 0 heterocycles. The number of hydrazine groups is 1. The Morgan fingerprint density at radius 1 is 1.18 bits per heavy atom. The average molecular weight is 232 g/mol. The molecule has 1 aromatic rings. The van der Waals surface area contributed by atoms with Gasteiger partial charge >= 0.3 is 0 Å². The maximum absolute atomic E-state index is 5.69. The largest absolute Gasteiger partial charge is 0.271 e. The Balaban J connectivity index is 2.16. The Bertz CT molecular complexity index is 358. The second kappa shape index (κ2) is 4.79. The normalized spacial score (nSPS) is 18.8. The van der Waals surface area contributed by atoms with E-state index in [0.717, 1.165) is 5.92 Å². The van der Waals surface area contributed by atoms with Crippen LogP contribution in [-0.4, -0.2) is 0 Å². The molecule has 0 aliphatic heterocycles. The number of hydrogen-bond acceptors (Lipinski definition) is 2. The molecule has 0 spiro atoms. The molecule has 0 amide bonds. The van der Waals surface area contributed by atoms with Gasteiger partial charge in [0.15, 0.2) is 0 Å². The molecule has 1 fully saturated rings. The van der Waals surface area contributed by atoms with Gasteiger partial charge in [-0.1, -0.05) is 51.5 Å². The van der Waals surface area contributed by atoms with Crippen LogP contribution in [0.25, 0.3) is 0 Å². The van der Waals surface area contributed by atoms with Gasteiger partial charge in [-0.2, -0.15) is 0 Å². The lowest BCUT2D eigenvalue weighted by Gasteiger charge is -2.33. The van der Waals surface area contributed by atoms with Crippen molar-refractivity contribution in [3.05, 3.63) is 35.4 Å². The fraction of sp³-hybridized carbons (Fsp3) is 0.600. The Kier molecular flexibility index (Phi) is 3.55. The van der Waals surface area contributed by atoms with Crippen LogP contribution in [0.3, 0.4) is 0 Å². The highest BCUT2D eigenvalue weighted by Crippen LogP contribution is 2.37. The Hall–Kier alpha value is -0.860. The topological polar surface area (TPSA) is 38.0 Å². The van der Waals surface area contributed by atoms with Crippen molar-refractivity contribution in [2.45, 2.75) is 51.5 Å². The number of nitrogens with one attached hydrogen (secondary N) is 1. The van der Waals surface area contributed by atoms with Crippen molar-refractivity contribution in [2.24, 2.45) is 11.8 Å². The third kappa shape index (κ3) is 2.70. The molecule has 0 radical (unpaired) electrons. The minimum atomic E-state index is 0.223. The maximum atomic E-state index is 5.69. The summed E-state index contributed by atoms with van der Waals surface area (Å²) in [6, 6.07) is 9.25. The quantitative estimate of drug-likeness (QED) is 0.620. The van der Waals surface area contributed by atoms with Crippen LogP contribution in [0.5, 0.6) is 0 Å². The number of hydrogen-bond donors (Lipinski definition) is 2. The van der Waals surface area contributed by atoms with Gasteiger partial charge < -0.3 is 0 Å². The highest BCUT2D eigenvalue weighted by Gasteiger charge is 2.27. The smallest absolute Gasteiger partial charge is 0.0488 e. The van der Waals surface area contributed by atoms with Crippen molar-refractivity contribution in [3.63, 3.8) is 0 Å². The first-order valence-corrected chi connectivity index (χ1v) is 6.59. The number of nitrogens with two attached hydrogens (primary N) is 1. The van der Waals surface area contributed by atoms with Gasteiger partial charge in [0, 0.05) is 6.04 Å². The molecule has 3 N–H and O–H groups in total. The fourth-order valence-electron chi connectivity index (χ4n) is 2.47. The van der Waals surface area contributed by atoms with E-state index in [9.17, 15) is 0 Å². The summed E-state index contributed by atoms with van der Waals surface area (Å²) in [5.41, 5.74) is 5.91. The summed E-state index contributed by atoms with van der Waals surface area (Å²) < 4.78 is 0. The van der Waals surface area contributed by atoms with Crippen LogP contribution in [0, 0.1) is 5.92 Å². The van der Waals surface area contributed by atoms with Crippen LogP contribution in [-0.2, 0) is 5.41 Å². The van der Waals surface area contributed by atoms with Crippen LogP contribution < -0.4 is 11.3 Å². The summed E-state index contributed by atoms with van der Waals surface area (Å²) in [5, 5.41) is 0. The minimum absolute atomic E-state index is 0.223. The molecule has 0 saturated heterocycles. The standard InChI is InChI=1S/C15H24N2/c1-15(2,3)13-9-7-12(8-10-13)14(17-16)11-5-4-6-11/h7-11,14,17H,4-6,16H2,1-3H3. The lowest BCUT2D eigenvalue weighted by molar-refractivity contribution is 0.232. The summed E-state index contributed by atoms with van der Waals surface area (Å²) in [6.45, 7) is 6.73. The molecule has 1 saturated carbocycles. The molecular formula is C15H24N2. The van der Waals surface area contributed by atoms with Crippen LogP contribution >= 0.6 is 0 Å². The first kappa shape index (κ1) is 12.6. The van der Waals surface area contributed by atoms with E-state index < -0.39 is 0 Å². The molecule has 17 heavy (non-hydrogen) atoms. The van der Waals surface area contributed by atoms with Gasteiger partial charge in [0.25, 0.3) is 0 Å². The molecule has 0 aromatic heterocycles. The summed E-state index contributed by atoms with van der Waals surface area (Å²) in [5.74, 6) is 6.41. The Morgan fingerprint density at radius 2 is 1.76 bits per heavy atom. The molecule has 2 heteroatoms. The minimum Gasteiger partial charge on any atom is -0.271 e. The zero-order valence-corrected chi connectivity index (χ0v) is 11.2. The van der Waals surface area contributed by atoms with Gasteiger partial charge in [0.05, 0.1) is 0 Å². The summed E-state index contributed by atoms with van der Waals surface area (Å²) in [6.07, 6.45) is 3.95. The van der Waals surface area contributed by atoms with E-state index in [2.05, 4.69) is 50.5 Å². The highest BCUT2D eigenvalue weighted by atomic mass is 15.2. The van der Waals surface area contributed by atoms with Gasteiger partial charge in [-0.25, -0.2) is 0 Å². The Labute approximate surface area is 105 Å². The summed E-state index contributed by atoms with van der Waals surface area (Å²) in [7, 11) is 0. The van der Waals surface area contributed by atoms with Gasteiger partial charge in [-0.3, -0.25) is 11.3 Å². The predicted octanol–water partition coefficient (Wildman–Crippen LogP) is 3.29. The lowest BCUT2D eigenvalue weighted by Crippen LogP contribution is -2.36. The van der Waals surface area contributed by atoms with Gasteiger partial charge in [-0.15, -0.1) is 0 Å². The zero-order valence-electron chi connectivity index (χ0n) is 11.2. The molecule has 1 aliphatic carbocycles. The predicted molar refractivity (Wildman–Crippen MR) is 72.5 cm³/mol. The van der Waals surface area contributed by atoms with E-state index in [1.807, 2.05) is 0 Å². The SMILES string of the molecule is CC(C)(C)c1ccc(C(NN)C2CCC2)cc1. The first-order chi connectivity index (χ1) is 8.02.